The Morgan fingerprint density at radius 2 is 1.88 bits per heavy atom. The zero-order valence-electron chi connectivity index (χ0n) is 19.3. The first-order chi connectivity index (χ1) is 15.4. The van der Waals surface area contributed by atoms with Gasteiger partial charge in [0.2, 0.25) is 0 Å². The summed E-state index contributed by atoms with van der Waals surface area (Å²) in [6.45, 7) is 8.31. The standard InChI is InChI=1S/C27H31NO4/c1-5-30-26(29)25(32-27(2,3)4)23-20-12-9-15-28-22(20)16-21(19-13-14-19)24(23)31-17-18-10-7-6-8-11-18/h6-12,15-16,19,25H,5,13-14,17H2,1-4H3. The van der Waals surface area contributed by atoms with Gasteiger partial charge in [0, 0.05) is 17.1 Å². The van der Waals surface area contributed by atoms with E-state index in [0.29, 0.717) is 18.1 Å². The van der Waals surface area contributed by atoms with E-state index in [9.17, 15) is 4.79 Å². The summed E-state index contributed by atoms with van der Waals surface area (Å²) in [5.74, 6) is 0.715. The van der Waals surface area contributed by atoms with E-state index in [0.717, 1.165) is 40.6 Å². The van der Waals surface area contributed by atoms with Crippen LogP contribution in [0.25, 0.3) is 10.9 Å². The van der Waals surface area contributed by atoms with Crippen LogP contribution in [0.2, 0.25) is 0 Å². The number of carbonyl (C=O) groups excluding carboxylic acids is 1. The van der Waals surface area contributed by atoms with Crippen molar-refractivity contribution in [2.45, 2.75) is 64.8 Å². The topological polar surface area (TPSA) is 57.7 Å². The number of fused-ring (bicyclic) bond motifs is 1. The van der Waals surface area contributed by atoms with Gasteiger partial charge in [-0.2, -0.15) is 0 Å². The smallest absolute Gasteiger partial charge is 0.340 e. The molecule has 0 amide bonds. The summed E-state index contributed by atoms with van der Waals surface area (Å²) in [6, 6.07) is 16.0. The number of esters is 1. The molecule has 0 N–H and O–H groups in total. The van der Waals surface area contributed by atoms with E-state index in [1.54, 1.807) is 13.1 Å². The largest absolute Gasteiger partial charge is 0.488 e. The highest BCUT2D eigenvalue weighted by Gasteiger charge is 2.37. The molecule has 5 nitrogen and oxygen atoms in total. The van der Waals surface area contributed by atoms with E-state index in [1.165, 1.54) is 0 Å². The van der Waals surface area contributed by atoms with Crippen LogP contribution in [0.15, 0.2) is 54.7 Å². The quantitative estimate of drug-likeness (QED) is 0.401. The van der Waals surface area contributed by atoms with Crippen LogP contribution in [0.1, 0.15) is 69.2 Å². The molecule has 0 radical (unpaired) electrons. The molecule has 3 aromatic rings. The van der Waals surface area contributed by atoms with Crippen LogP contribution in [0.4, 0.5) is 0 Å². The molecule has 1 fully saturated rings. The number of hydrogen-bond acceptors (Lipinski definition) is 5. The number of nitrogens with zero attached hydrogens (tertiary/aromatic N) is 1. The number of rotatable bonds is 8. The molecular weight excluding hydrogens is 402 g/mol. The summed E-state index contributed by atoms with van der Waals surface area (Å²) in [7, 11) is 0. The highest BCUT2D eigenvalue weighted by Crippen LogP contribution is 2.49. The predicted molar refractivity (Wildman–Crippen MR) is 125 cm³/mol. The molecule has 1 aromatic heterocycles. The number of ether oxygens (including phenoxy) is 3. The molecule has 0 saturated heterocycles. The molecule has 1 aliphatic carbocycles. The second kappa shape index (κ2) is 9.29. The molecular formula is C27H31NO4. The van der Waals surface area contributed by atoms with Gasteiger partial charge in [-0.1, -0.05) is 36.4 Å². The molecule has 0 spiro atoms. The van der Waals surface area contributed by atoms with Gasteiger partial charge in [-0.3, -0.25) is 4.98 Å². The van der Waals surface area contributed by atoms with E-state index >= 15 is 0 Å². The van der Waals surface area contributed by atoms with Crippen LogP contribution in [-0.2, 0) is 20.9 Å². The number of aromatic nitrogens is 1. The Balaban J connectivity index is 1.89. The minimum Gasteiger partial charge on any atom is -0.488 e. The number of benzene rings is 2. The maximum absolute atomic E-state index is 13.2. The lowest BCUT2D eigenvalue weighted by Gasteiger charge is -2.29. The second-order valence-corrected chi connectivity index (χ2v) is 9.19. The van der Waals surface area contributed by atoms with Gasteiger partial charge in [0.25, 0.3) is 0 Å². The van der Waals surface area contributed by atoms with Crippen molar-refractivity contribution in [1.29, 1.82) is 0 Å². The van der Waals surface area contributed by atoms with Gasteiger partial charge in [-0.05, 0) is 69.7 Å². The molecule has 1 saturated carbocycles. The van der Waals surface area contributed by atoms with E-state index in [1.807, 2.05) is 63.2 Å². The average molecular weight is 434 g/mol. The van der Waals surface area contributed by atoms with Crippen LogP contribution >= 0.6 is 0 Å². The minimum atomic E-state index is -0.911. The summed E-state index contributed by atoms with van der Waals surface area (Å²) >= 11 is 0. The molecule has 0 bridgehead atoms. The van der Waals surface area contributed by atoms with E-state index in [-0.39, 0.29) is 6.61 Å². The Bertz CT molecular complexity index is 1080. The zero-order chi connectivity index (χ0) is 22.7. The van der Waals surface area contributed by atoms with Crippen LogP contribution in [0.3, 0.4) is 0 Å². The van der Waals surface area contributed by atoms with Crippen LogP contribution in [-0.4, -0.2) is 23.2 Å². The third-order valence-corrected chi connectivity index (χ3v) is 5.41. The van der Waals surface area contributed by atoms with Crippen molar-refractivity contribution in [2.75, 3.05) is 6.61 Å². The molecule has 1 heterocycles. The molecule has 5 heteroatoms. The van der Waals surface area contributed by atoms with Gasteiger partial charge in [-0.25, -0.2) is 4.79 Å². The van der Waals surface area contributed by atoms with Gasteiger partial charge in [0.1, 0.15) is 12.4 Å². The third-order valence-electron chi connectivity index (χ3n) is 5.41. The molecule has 1 aliphatic rings. The molecule has 0 aliphatic heterocycles. The SMILES string of the molecule is CCOC(=O)C(OC(C)(C)C)c1c(OCc2ccccc2)c(C2CC2)cc2ncccc12. The Morgan fingerprint density at radius 3 is 2.53 bits per heavy atom. The van der Waals surface area contributed by atoms with Crippen LogP contribution in [0.5, 0.6) is 5.75 Å². The van der Waals surface area contributed by atoms with Crippen molar-refractivity contribution < 1.29 is 19.0 Å². The summed E-state index contributed by atoms with van der Waals surface area (Å²) < 4.78 is 18.2. The molecule has 168 valence electrons. The van der Waals surface area contributed by atoms with Gasteiger partial charge >= 0.3 is 5.97 Å². The first-order valence-electron chi connectivity index (χ1n) is 11.3. The summed E-state index contributed by atoms with van der Waals surface area (Å²) in [5.41, 5.74) is 3.15. The summed E-state index contributed by atoms with van der Waals surface area (Å²) in [5, 5.41) is 0.849. The van der Waals surface area contributed by atoms with Gasteiger partial charge < -0.3 is 14.2 Å². The fourth-order valence-corrected chi connectivity index (χ4v) is 3.90. The highest BCUT2D eigenvalue weighted by molar-refractivity contribution is 5.92. The maximum Gasteiger partial charge on any atom is 0.340 e. The Labute approximate surface area is 189 Å². The lowest BCUT2D eigenvalue weighted by Crippen LogP contribution is -2.29. The fraction of sp³-hybridized carbons (Fsp3) is 0.407. The maximum atomic E-state index is 13.2. The summed E-state index contributed by atoms with van der Waals surface area (Å²) in [4.78, 5) is 17.8. The monoisotopic (exact) mass is 433 g/mol. The highest BCUT2D eigenvalue weighted by atomic mass is 16.6. The molecule has 1 atom stereocenters. The molecule has 2 aromatic carbocycles. The van der Waals surface area contributed by atoms with E-state index in [4.69, 9.17) is 14.2 Å². The van der Waals surface area contributed by atoms with Crippen LogP contribution < -0.4 is 4.74 Å². The predicted octanol–water partition coefficient (Wildman–Crippen LogP) is 6.11. The van der Waals surface area contributed by atoms with E-state index in [2.05, 4.69) is 11.1 Å². The lowest BCUT2D eigenvalue weighted by molar-refractivity contribution is -0.166. The molecule has 4 rings (SSSR count). The first kappa shape index (κ1) is 22.3. The van der Waals surface area contributed by atoms with Crippen molar-refractivity contribution in [3.8, 4) is 5.75 Å². The van der Waals surface area contributed by atoms with Crippen LogP contribution in [0, 0.1) is 0 Å². The van der Waals surface area contributed by atoms with Crippen molar-refractivity contribution in [2.24, 2.45) is 0 Å². The zero-order valence-corrected chi connectivity index (χ0v) is 19.3. The lowest BCUT2D eigenvalue weighted by atomic mass is 9.95. The van der Waals surface area contributed by atoms with Gasteiger partial charge in [0.15, 0.2) is 6.10 Å². The van der Waals surface area contributed by atoms with Gasteiger partial charge in [-0.15, -0.1) is 0 Å². The van der Waals surface area contributed by atoms with E-state index < -0.39 is 17.7 Å². The van der Waals surface area contributed by atoms with Crippen molar-refractivity contribution in [1.82, 2.24) is 4.98 Å². The first-order valence-corrected chi connectivity index (χ1v) is 11.3. The number of hydrogen-bond donors (Lipinski definition) is 0. The van der Waals surface area contributed by atoms with Crippen molar-refractivity contribution in [3.05, 3.63) is 71.4 Å². The minimum absolute atomic E-state index is 0.279. The Morgan fingerprint density at radius 1 is 1.12 bits per heavy atom. The van der Waals surface area contributed by atoms with Crippen molar-refractivity contribution >= 4 is 16.9 Å². The summed E-state index contributed by atoms with van der Waals surface area (Å²) in [6.07, 6.45) is 3.07. The fourth-order valence-electron chi connectivity index (χ4n) is 3.90. The Kier molecular flexibility index (Phi) is 6.47. The number of pyridine rings is 1. The van der Waals surface area contributed by atoms with Crippen molar-refractivity contribution in [3.63, 3.8) is 0 Å². The molecule has 32 heavy (non-hydrogen) atoms. The molecule has 1 unspecified atom stereocenters. The number of carbonyl (C=O) groups is 1. The third kappa shape index (κ3) is 5.10. The normalized spacial score (nSPS) is 14.9. The average Bonchev–Trinajstić information content (AvgIpc) is 3.61. The van der Waals surface area contributed by atoms with Gasteiger partial charge in [0.05, 0.1) is 17.7 Å². The second-order valence-electron chi connectivity index (χ2n) is 9.19. The Hall–Kier alpha value is -2.92.